The monoisotopic (exact) mass is 360 g/mol. The van der Waals surface area contributed by atoms with Gasteiger partial charge < -0.3 is 10.1 Å². The van der Waals surface area contributed by atoms with Gasteiger partial charge in [-0.3, -0.25) is 9.10 Å². The molecule has 1 aliphatic heterocycles. The third kappa shape index (κ3) is 3.52. The lowest BCUT2D eigenvalue weighted by Gasteiger charge is -2.20. The fourth-order valence-corrected chi connectivity index (χ4v) is 4.40. The number of benzene rings is 2. The zero-order chi connectivity index (χ0) is 17.9. The third-order valence-electron chi connectivity index (χ3n) is 4.12. The number of fused-ring (bicyclic) bond motifs is 1. The number of methoxy groups -OCH3 is 1. The number of rotatable bonds is 6. The molecule has 0 unspecified atom stereocenters. The van der Waals surface area contributed by atoms with E-state index >= 15 is 0 Å². The Labute approximate surface area is 147 Å². The number of ether oxygens (including phenoxy) is 1. The van der Waals surface area contributed by atoms with Crippen molar-refractivity contribution in [3.8, 4) is 0 Å². The Morgan fingerprint density at radius 2 is 2.00 bits per heavy atom. The van der Waals surface area contributed by atoms with Crippen LogP contribution < -0.4 is 9.62 Å². The highest BCUT2D eigenvalue weighted by Crippen LogP contribution is 2.32. The van der Waals surface area contributed by atoms with E-state index in [2.05, 4.69) is 5.32 Å². The van der Waals surface area contributed by atoms with Gasteiger partial charge in [-0.1, -0.05) is 24.3 Å². The van der Waals surface area contributed by atoms with Crippen molar-refractivity contribution in [1.82, 2.24) is 5.32 Å². The zero-order valence-corrected chi connectivity index (χ0v) is 14.8. The second-order valence-electron chi connectivity index (χ2n) is 5.73. The Morgan fingerprint density at radius 3 is 2.80 bits per heavy atom. The Balaban J connectivity index is 1.87. The van der Waals surface area contributed by atoms with Crippen molar-refractivity contribution in [2.75, 3.05) is 31.1 Å². The van der Waals surface area contributed by atoms with Crippen LogP contribution in [0.25, 0.3) is 0 Å². The molecule has 6 nitrogen and oxygen atoms in total. The molecule has 0 bridgehead atoms. The number of sulfonamides is 1. The summed E-state index contributed by atoms with van der Waals surface area (Å²) in [5.41, 5.74) is 2.03. The molecule has 0 fully saturated rings. The Hall–Kier alpha value is -2.38. The fraction of sp³-hybridized carbons (Fsp3) is 0.278. The summed E-state index contributed by atoms with van der Waals surface area (Å²) in [4.78, 5) is 12.3. The SMILES string of the molecule is COCCNC(=O)c1cccc(S(=O)(=O)N2CCc3ccccc32)c1. The Kier molecular flexibility index (Phi) is 5.06. The van der Waals surface area contributed by atoms with Crippen LogP contribution in [0, 0.1) is 0 Å². The predicted molar refractivity (Wildman–Crippen MR) is 95.3 cm³/mol. The van der Waals surface area contributed by atoms with Gasteiger partial charge in [-0.15, -0.1) is 0 Å². The number of carbonyl (C=O) groups is 1. The summed E-state index contributed by atoms with van der Waals surface area (Å²) in [6.45, 7) is 1.17. The van der Waals surface area contributed by atoms with E-state index in [1.807, 2.05) is 18.2 Å². The van der Waals surface area contributed by atoms with Crippen LogP contribution in [0.3, 0.4) is 0 Å². The maximum atomic E-state index is 13.0. The zero-order valence-electron chi connectivity index (χ0n) is 13.9. The van der Waals surface area contributed by atoms with Crippen molar-refractivity contribution >= 4 is 21.6 Å². The molecule has 25 heavy (non-hydrogen) atoms. The molecule has 3 rings (SSSR count). The van der Waals surface area contributed by atoms with Gasteiger partial charge in [0, 0.05) is 25.8 Å². The van der Waals surface area contributed by atoms with Crippen molar-refractivity contribution in [3.05, 3.63) is 59.7 Å². The quantitative estimate of drug-likeness (QED) is 0.797. The number of nitrogens with one attached hydrogen (secondary N) is 1. The van der Waals surface area contributed by atoms with Gasteiger partial charge in [-0.25, -0.2) is 8.42 Å². The lowest BCUT2D eigenvalue weighted by Crippen LogP contribution is -2.30. The number of nitrogens with zero attached hydrogens (tertiary/aromatic N) is 1. The predicted octanol–water partition coefficient (Wildman–Crippen LogP) is 1.81. The minimum absolute atomic E-state index is 0.114. The molecule has 1 heterocycles. The lowest BCUT2D eigenvalue weighted by molar-refractivity contribution is 0.0937. The molecule has 0 aliphatic carbocycles. The van der Waals surface area contributed by atoms with E-state index in [0.717, 1.165) is 5.56 Å². The molecular formula is C18H20N2O4S. The fourth-order valence-electron chi connectivity index (χ4n) is 2.85. The molecule has 1 N–H and O–H groups in total. The number of carbonyl (C=O) groups excluding carboxylic acids is 1. The normalized spacial score (nSPS) is 13.6. The topological polar surface area (TPSA) is 75.7 Å². The van der Waals surface area contributed by atoms with Gasteiger partial charge in [0.2, 0.25) is 0 Å². The summed E-state index contributed by atoms with van der Waals surface area (Å²) < 4.78 is 32.3. The largest absolute Gasteiger partial charge is 0.383 e. The molecule has 2 aromatic rings. The molecule has 1 amide bonds. The van der Waals surface area contributed by atoms with E-state index in [9.17, 15) is 13.2 Å². The van der Waals surface area contributed by atoms with Gasteiger partial charge in [-0.2, -0.15) is 0 Å². The van der Waals surface area contributed by atoms with Gasteiger partial charge >= 0.3 is 0 Å². The van der Waals surface area contributed by atoms with E-state index in [-0.39, 0.29) is 10.8 Å². The minimum Gasteiger partial charge on any atom is -0.383 e. The highest BCUT2D eigenvalue weighted by atomic mass is 32.2. The van der Waals surface area contributed by atoms with E-state index in [1.54, 1.807) is 25.3 Å². The van der Waals surface area contributed by atoms with Crippen LogP contribution in [0.2, 0.25) is 0 Å². The van der Waals surface area contributed by atoms with Crippen LogP contribution in [0.1, 0.15) is 15.9 Å². The van der Waals surface area contributed by atoms with Crippen LogP contribution in [0.15, 0.2) is 53.4 Å². The summed E-state index contributed by atoms with van der Waals surface area (Å²) in [6, 6.07) is 13.6. The first kappa shape index (κ1) is 17.4. The molecule has 7 heteroatoms. The molecule has 132 valence electrons. The van der Waals surface area contributed by atoms with Crippen molar-refractivity contribution < 1.29 is 17.9 Å². The number of hydrogen-bond acceptors (Lipinski definition) is 4. The molecule has 0 atom stereocenters. The number of para-hydroxylation sites is 1. The first-order valence-corrected chi connectivity index (χ1v) is 9.46. The Bertz CT molecular complexity index is 880. The summed E-state index contributed by atoms with van der Waals surface area (Å²) in [5, 5.41) is 2.69. The van der Waals surface area contributed by atoms with Gasteiger partial charge in [-0.05, 0) is 36.2 Å². The van der Waals surface area contributed by atoms with Crippen molar-refractivity contribution in [1.29, 1.82) is 0 Å². The highest BCUT2D eigenvalue weighted by Gasteiger charge is 2.30. The maximum Gasteiger partial charge on any atom is 0.264 e. The van der Waals surface area contributed by atoms with Crippen molar-refractivity contribution in [2.24, 2.45) is 0 Å². The average molecular weight is 360 g/mol. The number of anilines is 1. The summed E-state index contributed by atoms with van der Waals surface area (Å²) in [6.07, 6.45) is 0.687. The molecule has 0 saturated carbocycles. The van der Waals surface area contributed by atoms with Gasteiger partial charge in [0.25, 0.3) is 15.9 Å². The smallest absolute Gasteiger partial charge is 0.264 e. The number of hydrogen-bond donors (Lipinski definition) is 1. The van der Waals surface area contributed by atoms with E-state index in [1.165, 1.54) is 16.4 Å². The first-order chi connectivity index (χ1) is 12.0. The van der Waals surface area contributed by atoms with Crippen molar-refractivity contribution in [2.45, 2.75) is 11.3 Å². The third-order valence-corrected chi connectivity index (χ3v) is 5.93. The van der Waals surface area contributed by atoms with Crippen LogP contribution in [0.4, 0.5) is 5.69 Å². The van der Waals surface area contributed by atoms with Crippen molar-refractivity contribution in [3.63, 3.8) is 0 Å². The Morgan fingerprint density at radius 1 is 1.20 bits per heavy atom. The minimum atomic E-state index is -3.70. The first-order valence-electron chi connectivity index (χ1n) is 8.02. The standard InChI is InChI=1S/C18H20N2O4S/c1-24-12-10-19-18(21)15-6-4-7-16(13-15)25(22,23)20-11-9-14-5-2-3-8-17(14)20/h2-8,13H,9-12H2,1H3,(H,19,21). The molecule has 0 spiro atoms. The van der Waals surface area contributed by atoms with Crippen LogP contribution >= 0.6 is 0 Å². The second kappa shape index (κ2) is 7.25. The van der Waals surface area contributed by atoms with E-state index in [4.69, 9.17) is 4.74 Å². The molecule has 0 radical (unpaired) electrons. The molecule has 2 aromatic carbocycles. The lowest BCUT2D eigenvalue weighted by atomic mass is 10.2. The van der Waals surface area contributed by atoms with E-state index in [0.29, 0.717) is 37.4 Å². The summed E-state index contributed by atoms with van der Waals surface area (Å²) in [5.74, 6) is -0.323. The molecule has 0 aromatic heterocycles. The summed E-state index contributed by atoms with van der Waals surface area (Å²) in [7, 11) is -2.16. The average Bonchev–Trinajstić information content (AvgIpc) is 3.07. The van der Waals surface area contributed by atoms with Crippen LogP contribution in [-0.2, 0) is 21.2 Å². The molecular weight excluding hydrogens is 340 g/mol. The number of amides is 1. The maximum absolute atomic E-state index is 13.0. The molecule has 0 saturated heterocycles. The van der Waals surface area contributed by atoms with Gasteiger partial charge in [0.1, 0.15) is 0 Å². The van der Waals surface area contributed by atoms with E-state index < -0.39 is 10.0 Å². The second-order valence-corrected chi connectivity index (χ2v) is 7.59. The van der Waals surface area contributed by atoms with Crippen LogP contribution in [0.5, 0.6) is 0 Å². The van der Waals surface area contributed by atoms with Gasteiger partial charge in [0.05, 0.1) is 17.2 Å². The summed E-state index contributed by atoms with van der Waals surface area (Å²) >= 11 is 0. The van der Waals surface area contributed by atoms with Crippen LogP contribution in [-0.4, -0.2) is 41.1 Å². The van der Waals surface area contributed by atoms with Gasteiger partial charge in [0.15, 0.2) is 0 Å². The highest BCUT2D eigenvalue weighted by molar-refractivity contribution is 7.92. The molecule has 1 aliphatic rings.